The number of hydrogen-bond acceptors (Lipinski definition) is 1. The lowest BCUT2D eigenvalue weighted by Gasteiger charge is -2.21. The first-order valence-electron chi connectivity index (χ1n) is 5.40. The van der Waals surface area contributed by atoms with Crippen LogP contribution < -0.4 is 4.90 Å². The summed E-state index contributed by atoms with van der Waals surface area (Å²) in [5, 5.41) is 0. The zero-order valence-corrected chi connectivity index (χ0v) is 9.77. The molecule has 0 heterocycles. The fraction of sp³-hybridized carbons (Fsp3) is 0.286. The summed E-state index contributed by atoms with van der Waals surface area (Å²) < 4.78 is 0. The number of para-hydroxylation sites is 1. The first-order valence-corrected chi connectivity index (χ1v) is 5.40. The Morgan fingerprint density at radius 3 is 2.47 bits per heavy atom. The second-order valence-electron chi connectivity index (χ2n) is 3.43. The summed E-state index contributed by atoms with van der Waals surface area (Å²) in [6.07, 6.45) is 7.33. The van der Waals surface area contributed by atoms with Crippen LogP contribution >= 0.6 is 0 Å². The molecule has 80 valence electrons. The highest BCUT2D eigenvalue weighted by Crippen LogP contribution is 2.18. The van der Waals surface area contributed by atoms with Gasteiger partial charge in [-0.2, -0.15) is 0 Å². The minimum Gasteiger partial charge on any atom is -0.348 e. The van der Waals surface area contributed by atoms with Gasteiger partial charge in [-0.05, 0) is 31.6 Å². The highest BCUT2D eigenvalue weighted by molar-refractivity contribution is 5.51. The third-order valence-electron chi connectivity index (χ3n) is 2.42. The molecule has 0 saturated carbocycles. The van der Waals surface area contributed by atoms with Gasteiger partial charge < -0.3 is 4.90 Å². The molecule has 0 radical (unpaired) electrons. The highest BCUT2D eigenvalue weighted by atomic mass is 15.1. The molecule has 0 unspecified atom stereocenters. The Bertz CT molecular complexity index is 336. The zero-order valence-electron chi connectivity index (χ0n) is 9.77. The van der Waals surface area contributed by atoms with Crippen molar-refractivity contribution in [2.45, 2.75) is 20.3 Å². The largest absolute Gasteiger partial charge is 0.348 e. The number of hydrogen-bond donors (Lipinski definition) is 0. The van der Waals surface area contributed by atoms with Crippen molar-refractivity contribution in [2.24, 2.45) is 0 Å². The molecule has 0 N–H and O–H groups in total. The SMILES string of the molecule is C/C=C\C=C(/CC)N(C)c1ccccc1. The van der Waals surface area contributed by atoms with Crippen molar-refractivity contribution >= 4 is 5.69 Å². The summed E-state index contributed by atoms with van der Waals surface area (Å²) in [5.74, 6) is 0. The monoisotopic (exact) mass is 201 g/mol. The molecule has 0 amide bonds. The van der Waals surface area contributed by atoms with E-state index in [1.165, 1.54) is 11.4 Å². The average molecular weight is 201 g/mol. The maximum atomic E-state index is 2.22. The van der Waals surface area contributed by atoms with E-state index in [1.54, 1.807) is 0 Å². The fourth-order valence-corrected chi connectivity index (χ4v) is 1.49. The molecule has 1 aromatic rings. The van der Waals surface area contributed by atoms with Crippen molar-refractivity contribution < 1.29 is 0 Å². The Hall–Kier alpha value is -1.50. The fourth-order valence-electron chi connectivity index (χ4n) is 1.49. The maximum absolute atomic E-state index is 2.22. The number of nitrogens with zero attached hydrogens (tertiary/aromatic N) is 1. The van der Waals surface area contributed by atoms with Crippen LogP contribution in [0.15, 0.2) is 54.3 Å². The van der Waals surface area contributed by atoms with Gasteiger partial charge in [0, 0.05) is 18.4 Å². The molecule has 0 aliphatic carbocycles. The van der Waals surface area contributed by atoms with E-state index in [4.69, 9.17) is 0 Å². The van der Waals surface area contributed by atoms with Crippen LogP contribution in [0.1, 0.15) is 20.3 Å². The standard InChI is InChI=1S/C14H19N/c1-4-6-10-13(5-2)15(3)14-11-8-7-9-12-14/h4,6-12H,5H2,1-3H3/b6-4-,13-10+. The summed E-state index contributed by atoms with van der Waals surface area (Å²) in [6, 6.07) is 10.4. The molecule has 0 spiro atoms. The van der Waals surface area contributed by atoms with Crippen molar-refractivity contribution in [1.29, 1.82) is 0 Å². The van der Waals surface area contributed by atoms with Crippen LogP contribution in [0.5, 0.6) is 0 Å². The van der Waals surface area contributed by atoms with Gasteiger partial charge >= 0.3 is 0 Å². The molecule has 0 saturated heterocycles. The number of rotatable bonds is 4. The van der Waals surface area contributed by atoms with E-state index in [0.29, 0.717) is 0 Å². The van der Waals surface area contributed by atoms with Gasteiger partial charge in [0.15, 0.2) is 0 Å². The minimum atomic E-state index is 1.04. The first-order chi connectivity index (χ1) is 7.29. The minimum absolute atomic E-state index is 1.04. The van der Waals surface area contributed by atoms with E-state index in [2.05, 4.69) is 61.4 Å². The summed E-state index contributed by atoms with van der Waals surface area (Å²) >= 11 is 0. The molecule has 0 atom stereocenters. The van der Waals surface area contributed by atoms with Crippen LogP contribution in [0.25, 0.3) is 0 Å². The molecule has 0 fully saturated rings. The molecule has 1 heteroatoms. The van der Waals surface area contributed by atoms with Crippen molar-refractivity contribution in [1.82, 2.24) is 0 Å². The molecule has 0 aliphatic rings. The van der Waals surface area contributed by atoms with Gasteiger partial charge in [0.05, 0.1) is 0 Å². The average Bonchev–Trinajstić information content (AvgIpc) is 2.31. The van der Waals surface area contributed by atoms with Crippen LogP contribution in [-0.4, -0.2) is 7.05 Å². The highest BCUT2D eigenvalue weighted by Gasteiger charge is 2.02. The lowest BCUT2D eigenvalue weighted by molar-refractivity contribution is 0.977. The zero-order chi connectivity index (χ0) is 11.1. The Morgan fingerprint density at radius 1 is 1.27 bits per heavy atom. The van der Waals surface area contributed by atoms with Crippen molar-refractivity contribution in [3.05, 3.63) is 54.3 Å². The predicted molar refractivity (Wildman–Crippen MR) is 68.0 cm³/mol. The molecule has 0 bridgehead atoms. The van der Waals surface area contributed by atoms with Crippen LogP contribution in [0.3, 0.4) is 0 Å². The van der Waals surface area contributed by atoms with Crippen molar-refractivity contribution in [3.63, 3.8) is 0 Å². The normalized spacial score (nSPS) is 12.1. The third-order valence-corrected chi connectivity index (χ3v) is 2.42. The van der Waals surface area contributed by atoms with E-state index in [0.717, 1.165) is 6.42 Å². The lowest BCUT2D eigenvalue weighted by atomic mass is 10.2. The molecule has 1 aromatic carbocycles. The second-order valence-corrected chi connectivity index (χ2v) is 3.43. The van der Waals surface area contributed by atoms with Crippen molar-refractivity contribution in [2.75, 3.05) is 11.9 Å². The molecule has 1 nitrogen and oxygen atoms in total. The number of benzene rings is 1. The van der Waals surface area contributed by atoms with Crippen molar-refractivity contribution in [3.8, 4) is 0 Å². The number of anilines is 1. The van der Waals surface area contributed by atoms with E-state index in [-0.39, 0.29) is 0 Å². The molecular formula is C14H19N. The van der Waals surface area contributed by atoms with Crippen LogP contribution in [-0.2, 0) is 0 Å². The third kappa shape index (κ3) is 3.28. The summed E-state index contributed by atoms with van der Waals surface area (Å²) in [5.41, 5.74) is 2.55. The first kappa shape index (κ1) is 11.6. The molecule has 15 heavy (non-hydrogen) atoms. The molecular weight excluding hydrogens is 182 g/mol. The summed E-state index contributed by atoms with van der Waals surface area (Å²) in [7, 11) is 2.11. The van der Waals surface area contributed by atoms with E-state index >= 15 is 0 Å². The van der Waals surface area contributed by atoms with Gasteiger partial charge in [-0.1, -0.05) is 37.3 Å². The van der Waals surface area contributed by atoms with Crippen LogP contribution in [0, 0.1) is 0 Å². The Balaban J connectivity index is 2.87. The van der Waals surface area contributed by atoms with E-state index < -0.39 is 0 Å². The Kier molecular flexibility index (Phi) is 4.69. The van der Waals surface area contributed by atoms with Gasteiger partial charge in [-0.25, -0.2) is 0 Å². The molecule has 0 aliphatic heterocycles. The van der Waals surface area contributed by atoms with Gasteiger partial charge in [0.2, 0.25) is 0 Å². The molecule has 0 aromatic heterocycles. The smallest absolute Gasteiger partial charge is 0.0405 e. The van der Waals surface area contributed by atoms with Gasteiger partial charge in [-0.3, -0.25) is 0 Å². The summed E-state index contributed by atoms with van der Waals surface area (Å²) in [4.78, 5) is 2.22. The topological polar surface area (TPSA) is 3.24 Å². The molecule has 1 rings (SSSR count). The van der Waals surface area contributed by atoms with Gasteiger partial charge in [-0.15, -0.1) is 0 Å². The van der Waals surface area contributed by atoms with Gasteiger partial charge in [0.25, 0.3) is 0 Å². The lowest BCUT2D eigenvalue weighted by Crippen LogP contribution is -2.15. The van der Waals surface area contributed by atoms with E-state index in [9.17, 15) is 0 Å². The Labute approximate surface area is 92.7 Å². The Morgan fingerprint density at radius 2 is 1.93 bits per heavy atom. The quantitative estimate of drug-likeness (QED) is 0.666. The number of allylic oxidation sites excluding steroid dienone is 4. The van der Waals surface area contributed by atoms with E-state index in [1.807, 2.05) is 13.0 Å². The van der Waals surface area contributed by atoms with Crippen LogP contribution in [0.2, 0.25) is 0 Å². The second kappa shape index (κ2) is 6.07. The predicted octanol–water partition coefficient (Wildman–Crippen LogP) is 3.99. The van der Waals surface area contributed by atoms with Crippen LogP contribution in [0.4, 0.5) is 5.69 Å². The van der Waals surface area contributed by atoms with Gasteiger partial charge in [0.1, 0.15) is 0 Å². The summed E-state index contributed by atoms with van der Waals surface area (Å²) in [6.45, 7) is 4.21. The maximum Gasteiger partial charge on any atom is 0.0405 e.